The summed E-state index contributed by atoms with van der Waals surface area (Å²) in [6.07, 6.45) is 4.59. The van der Waals surface area contributed by atoms with E-state index in [1.807, 2.05) is 58.0 Å². The average molecular weight is 925 g/mol. The van der Waals surface area contributed by atoms with Crippen molar-refractivity contribution in [3.63, 3.8) is 0 Å². The number of carbonyl (C=O) groups is 2. The van der Waals surface area contributed by atoms with E-state index < -0.39 is 32.4 Å². The van der Waals surface area contributed by atoms with Gasteiger partial charge in [-0.25, -0.2) is 9.97 Å². The van der Waals surface area contributed by atoms with Gasteiger partial charge in [0.25, 0.3) is 0 Å². The van der Waals surface area contributed by atoms with Gasteiger partial charge >= 0.3 is 26.2 Å². The van der Waals surface area contributed by atoms with Gasteiger partial charge in [0.05, 0.1) is 45.9 Å². The number of carboxylic acids is 1. The molecule has 4 heterocycles. The van der Waals surface area contributed by atoms with Crippen LogP contribution in [-0.4, -0.2) is 82.1 Å². The third-order valence-corrected chi connectivity index (χ3v) is 11.5. The number of carboxylic acid groups (broad SMARTS) is 1. The zero-order chi connectivity index (χ0) is 48.5. The standard InChI is InChI=1S/C26H29BN2O6.C24H25BN2O6/c1-5-33-25(30)15-22-26-17(3)13-19(14-20(26)27(31)35-22)34-24-10-11-28-23(29-24)9-7-18-12-16(2)6-8-21(18)32-4;1-14-4-6-19(31-3)16(10-14)5-7-21-26-9-8-22(27-21)32-17-11-15(2)24-18(12-17)25(30)33-20(24)13-23(28)29/h6,8,10-14,22,31H,5,7,9,15H2,1-4H3;4,6,8-12,20,30H,5,7,13H2,1-3H3,(H,28,29). The summed E-state index contributed by atoms with van der Waals surface area (Å²) in [7, 11) is 0.983. The lowest BCUT2D eigenvalue weighted by atomic mass is 9.77. The van der Waals surface area contributed by atoms with Crippen molar-refractivity contribution in [1.82, 2.24) is 19.9 Å². The van der Waals surface area contributed by atoms with Crippen molar-refractivity contribution in [2.75, 3.05) is 20.8 Å². The topological polar surface area (TPSA) is 211 Å². The molecule has 0 radical (unpaired) electrons. The number of aryl methyl sites for hydroxylation is 8. The molecule has 2 aliphatic heterocycles. The number of aliphatic carboxylic acids is 1. The van der Waals surface area contributed by atoms with Crippen LogP contribution in [0, 0.1) is 27.7 Å². The van der Waals surface area contributed by atoms with Crippen molar-refractivity contribution < 1.29 is 57.7 Å². The minimum atomic E-state index is -1.20. The number of carbonyl (C=O) groups excluding carboxylic acids is 1. The fourth-order valence-electron chi connectivity index (χ4n) is 8.47. The van der Waals surface area contributed by atoms with E-state index in [-0.39, 0.29) is 18.8 Å². The van der Waals surface area contributed by atoms with Crippen LogP contribution in [0.2, 0.25) is 0 Å². The molecule has 0 saturated carbocycles. The number of fused-ring (bicyclic) bond motifs is 2. The maximum atomic E-state index is 11.9. The number of benzene rings is 4. The molecule has 0 aliphatic carbocycles. The lowest BCUT2D eigenvalue weighted by molar-refractivity contribution is -0.145. The molecular formula is C50H54B2N4O12. The molecule has 2 unspecified atom stereocenters. The first kappa shape index (κ1) is 49.1. The summed E-state index contributed by atoms with van der Waals surface area (Å²) in [5.74, 6) is 3.40. The maximum absolute atomic E-state index is 11.9. The highest BCUT2D eigenvalue weighted by atomic mass is 16.6. The number of hydrogen-bond donors (Lipinski definition) is 3. The molecule has 8 rings (SSSR count). The van der Waals surface area contributed by atoms with Crippen LogP contribution in [0.3, 0.4) is 0 Å². The summed E-state index contributed by atoms with van der Waals surface area (Å²) in [6.45, 7) is 9.87. The molecular weight excluding hydrogens is 870 g/mol. The van der Waals surface area contributed by atoms with Crippen LogP contribution < -0.4 is 29.9 Å². The Morgan fingerprint density at radius 1 is 0.632 bits per heavy atom. The van der Waals surface area contributed by atoms with Crippen LogP contribution in [0.4, 0.5) is 0 Å². The SMILES string of the molecule is CCOC(=O)CC1OB(O)c2cc(Oc3ccnc(CCc4cc(C)ccc4OC)n3)cc(C)c21.COc1ccc(C)cc1CCc1nccc(Oc2cc(C)c3c(c2)B(O)OC3CC(=O)O)n1. The first-order valence-electron chi connectivity index (χ1n) is 22.3. The lowest BCUT2D eigenvalue weighted by Crippen LogP contribution is -2.28. The molecule has 2 aromatic heterocycles. The molecule has 0 saturated heterocycles. The minimum absolute atomic E-state index is 0.0416. The number of aromatic nitrogens is 4. The van der Waals surface area contributed by atoms with Crippen LogP contribution >= 0.6 is 0 Å². The van der Waals surface area contributed by atoms with Gasteiger partial charge in [0, 0.05) is 37.4 Å². The van der Waals surface area contributed by atoms with Gasteiger partial charge in [0.1, 0.15) is 34.6 Å². The molecule has 4 aromatic carbocycles. The van der Waals surface area contributed by atoms with E-state index in [4.69, 9.17) is 38.1 Å². The van der Waals surface area contributed by atoms with Gasteiger partial charge in [-0.1, -0.05) is 35.4 Å². The zero-order valence-corrected chi connectivity index (χ0v) is 39.1. The minimum Gasteiger partial charge on any atom is -0.496 e. The lowest BCUT2D eigenvalue weighted by Gasteiger charge is -2.14. The van der Waals surface area contributed by atoms with Crippen LogP contribution in [0.1, 0.15) is 88.1 Å². The van der Waals surface area contributed by atoms with E-state index in [1.165, 1.54) is 5.56 Å². The summed E-state index contributed by atoms with van der Waals surface area (Å²) in [4.78, 5) is 40.8. The predicted octanol–water partition coefficient (Wildman–Crippen LogP) is 6.30. The Morgan fingerprint density at radius 3 is 1.51 bits per heavy atom. The predicted molar refractivity (Wildman–Crippen MR) is 253 cm³/mol. The van der Waals surface area contributed by atoms with Crippen LogP contribution in [0.15, 0.2) is 85.2 Å². The number of ether oxygens (including phenoxy) is 5. The fraction of sp³-hybridized carbons (Fsp3) is 0.320. The quantitative estimate of drug-likeness (QED) is 0.0676. The molecule has 6 aromatic rings. The molecule has 2 atom stereocenters. The van der Waals surface area contributed by atoms with E-state index in [1.54, 1.807) is 63.9 Å². The highest BCUT2D eigenvalue weighted by molar-refractivity contribution is 6.62. The first-order valence-corrected chi connectivity index (χ1v) is 22.3. The first-order chi connectivity index (χ1) is 32.7. The molecule has 2 aliphatic rings. The van der Waals surface area contributed by atoms with Gasteiger partial charge in [-0.05, 0) is 128 Å². The summed E-state index contributed by atoms with van der Waals surface area (Å²) >= 11 is 0. The summed E-state index contributed by atoms with van der Waals surface area (Å²) in [5, 5.41) is 29.8. The van der Waals surface area contributed by atoms with Gasteiger partial charge in [0.2, 0.25) is 11.8 Å². The van der Waals surface area contributed by atoms with Gasteiger partial charge in [-0.3, -0.25) is 9.59 Å². The number of esters is 1. The third-order valence-electron chi connectivity index (χ3n) is 11.5. The smallest absolute Gasteiger partial charge is 0.492 e. The van der Waals surface area contributed by atoms with Crippen molar-refractivity contribution >= 4 is 37.1 Å². The Hall–Kier alpha value is -6.85. The molecule has 16 nitrogen and oxygen atoms in total. The van der Waals surface area contributed by atoms with Gasteiger partial charge in [-0.2, -0.15) is 9.97 Å². The van der Waals surface area contributed by atoms with E-state index in [0.717, 1.165) is 57.7 Å². The van der Waals surface area contributed by atoms with E-state index >= 15 is 0 Å². The van der Waals surface area contributed by atoms with Crippen molar-refractivity contribution in [3.8, 4) is 34.8 Å². The highest BCUT2D eigenvalue weighted by Gasteiger charge is 2.39. The van der Waals surface area contributed by atoms with Gasteiger partial charge in [0.15, 0.2) is 0 Å². The van der Waals surface area contributed by atoms with Gasteiger partial charge < -0.3 is 48.1 Å². The molecule has 0 fully saturated rings. The Morgan fingerprint density at radius 2 is 1.09 bits per heavy atom. The molecule has 68 heavy (non-hydrogen) atoms. The Labute approximate surface area is 395 Å². The Kier molecular flexibility index (Phi) is 16.1. The van der Waals surface area contributed by atoms with Crippen molar-refractivity contribution in [2.45, 2.75) is 85.4 Å². The van der Waals surface area contributed by atoms with Crippen LogP contribution in [0.5, 0.6) is 34.8 Å². The van der Waals surface area contributed by atoms with E-state index in [9.17, 15) is 19.6 Å². The van der Waals surface area contributed by atoms with Crippen molar-refractivity contribution in [1.29, 1.82) is 0 Å². The normalized spacial score (nSPS) is 14.7. The number of rotatable bonds is 17. The number of nitrogens with zero attached hydrogens (tertiary/aromatic N) is 4. The summed E-state index contributed by atoms with van der Waals surface area (Å²) in [5.41, 5.74) is 8.71. The molecule has 0 spiro atoms. The largest absolute Gasteiger partial charge is 0.496 e. The number of methoxy groups -OCH3 is 2. The average Bonchev–Trinajstić information content (AvgIpc) is 3.79. The highest BCUT2D eigenvalue weighted by Crippen LogP contribution is 2.35. The van der Waals surface area contributed by atoms with Crippen LogP contribution in [0.25, 0.3) is 0 Å². The second-order valence-electron chi connectivity index (χ2n) is 16.5. The molecule has 0 amide bonds. The maximum Gasteiger partial charge on any atom is 0.492 e. The van der Waals surface area contributed by atoms with Gasteiger partial charge in [-0.15, -0.1) is 0 Å². The Bertz CT molecular complexity index is 2780. The molecule has 0 bridgehead atoms. The fourth-order valence-corrected chi connectivity index (χ4v) is 8.47. The molecule has 352 valence electrons. The van der Waals surface area contributed by atoms with Crippen molar-refractivity contribution in [2.24, 2.45) is 0 Å². The number of hydrogen-bond acceptors (Lipinski definition) is 15. The molecule has 3 N–H and O–H groups in total. The van der Waals surface area contributed by atoms with Crippen LogP contribution in [-0.2, 0) is 49.3 Å². The van der Waals surface area contributed by atoms with Crippen molar-refractivity contribution in [3.05, 3.63) is 141 Å². The zero-order valence-electron chi connectivity index (χ0n) is 39.1. The summed E-state index contributed by atoms with van der Waals surface area (Å²) < 4.78 is 39.0. The van der Waals surface area contributed by atoms with E-state index in [2.05, 4.69) is 32.1 Å². The third kappa shape index (κ3) is 12.2. The second kappa shape index (κ2) is 22.3. The Balaban J connectivity index is 0.000000202. The summed E-state index contributed by atoms with van der Waals surface area (Å²) in [6, 6.07) is 22.5. The monoisotopic (exact) mass is 924 g/mol. The second-order valence-corrected chi connectivity index (χ2v) is 16.5. The molecule has 18 heteroatoms. The van der Waals surface area contributed by atoms with E-state index in [0.29, 0.717) is 70.8 Å².